The average Bonchev–Trinajstić information content (AvgIpc) is 3.27. The Labute approximate surface area is 242 Å². The SMILES string of the molecule is CCOC(=O)C1=C(c2ccccc2)N=c2s/c(=C/c3ccc(OC)c(I)c3)c(=O)n2C1c1cccc(OC)c1. The van der Waals surface area contributed by atoms with Crippen LogP contribution in [0.2, 0.25) is 0 Å². The number of benzene rings is 3. The van der Waals surface area contributed by atoms with E-state index in [1.54, 1.807) is 25.7 Å². The molecule has 3 aromatic carbocycles. The number of methoxy groups -OCH3 is 2. The van der Waals surface area contributed by atoms with Gasteiger partial charge in [-0.25, -0.2) is 9.79 Å². The first-order valence-electron chi connectivity index (χ1n) is 12.2. The van der Waals surface area contributed by atoms with E-state index < -0.39 is 12.0 Å². The van der Waals surface area contributed by atoms with E-state index in [-0.39, 0.29) is 12.2 Å². The van der Waals surface area contributed by atoms with Gasteiger partial charge in [0.15, 0.2) is 4.80 Å². The van der Waals surface area contributed by atoms with Crippen LogP contribution < -0.4 is 24.4 Å². The van der Waals surface area contributed by atoms with Crippen LogP contribution >= 0.6 is 33.9 Å². The number of nitrogens with zero attached hydrogens (tertiary/aromatic N) is 2. The van der Waals surface area contributed by atoms with Crippen LogP contribution in [0, 0.1) is 3.57 Å². The van der Waals surface area contributed by atoms with Crippen LogP contribution in [0.3, 0.4) is 0 Å². The van der Waals surface area contributed by atoms with Crippen LogP contribution in [0.5, 0.6) is 11.5 Å². The fourth-order valence-corrected chi connectivity index (χ4v) is 6.25. The Hall–Kier alpha value is -3.70. The van der Waals surface area contributed by atoms with Crippen molar-refractivity contribution < 1.29 is 19.0 Å². The van der Waals surface area contributed by atoms with Gasteiger partial charge < -0.3 is 14.2 Å². The number of rotatable bonds is 7. The van der Waals surface area contributed by atoms with Crippen molar-refractivity contribution in [2.75, 3.05) is 20.8 Å². The largest absolute Gasteiger partial charge is 0.497 e. The van der Waals surface area contributed by atoms with Crippen molar-refractivity contribution in [3.8, 4) is 11.5 Å². The van der Waals surface area contributed by atoms with E-state index in [2.05, 4.69) is 22.6 Å². The highest BCUT2D eigenvalue weighted by Gasteiger charge is 2.35. The molecule has 0 saturated heterocycles. The first-order valence-corrected chi connectivity index (χ1v) is 14.1. The van der Waals surface area contributed by atoms with E-state index in [9.17, 15) is 9.59 Å². The minimum atomic E-state index is -0.760. The van der Waals surface area contributed by atoms with Crippen molar-refractivity contribution >= 4 is 51.7 Å². The van der Waals surface area contributed by atoms with Crippen molar-refractivity contribution in [1.82, 2.24) is 4.57 Å². The summed E-state index contributed by atoms with van der Waals surface area (Å²) < 4.78 is 19.4. The molecule has 7 nitrogen and oxygen atoms in total. The number of ether oxygens (including phenoxy) is 3. The molecule has 1 unspecified atom stereocenters. The predicted molar refractivity (Wildman–Crippen MR) is 160 cm³/mol. The van der Waals surface area contributed by atoms with Crippen LogP contribution in [0.1, 0.15) is 29.7 Å². The number of hydrogen-bond donors (Lipinski definition) is 0. The minimum absolute atomic E-state index is 0.190. The summed E-state index contributed by atoms with van der Waals surface area (Å²) in [6, 6.07) is 21.8. The van der Waals surface area contributed by atoms with E-state index in [4.69, 9.17) is 19.2 Å². The van der Waals surface area contributed by atoms with Crippen molar-refractivity contribution in [3.63, 3.8) is 0 Å². The highest BCUT2D eigenvalue weighted by atomic mass is 127. The van der Waals surface area contributed by atoms with Gasteiger partial charge in [0.05, 0.1) is 46.2 Å². The topological polar surface area (TPSA) is 79.1 Å². The molecule has 1 aliphatic rings. The summed E-state index contributed by atoms with van der Waals surface area (Å²) in [6.07, 6.45) is 1.84. The van der Waals surface area contributed by atoms with Gasteiger partial charge in [-0.05, 0) is 71.0 Å². The molecule has 0 saturated carbocycles. The summed E-state index contributed by atoms with van der Waals surface area (Å²) >= 11 is 3.49. The molecule has 4 aromatic rings. The van der Waals surface area contributed by atoms with Crippen LogP contribution in [-0.4, -0.2) is 31.4 Å². The smallest absolute Gasteiger partial charge is 0.338 e. The second kappa shape index (κ2) is 11.6. The Balaban J connectivity index is 1.81. The Bertz CT molecular complexity index is 1760. The lowest BCUT2D eigenvalue weighted by atomic mass is 9.93. The van der Waals surface area contributed by atoms with E-state index in [1.807, 2.05) is 78.9 Å². The van der Waals surface area contributed by atoms with Crippen LogP contribution in [0.15, 0.2) is 88.2 Å². The maximum absolute atomic E-state index is 14.0. The molecule has 0 N–H and O–H groups in total. The van der Waals surface area contributed by atoms with Crippen LogP contribution in [0.25, 0.3) is 11.8 Å². The molecule has 39 heavy (non-hydrogen) atoms. The zero-order valence-corrected chi connectivity index (χ0v) is 24.5. The van der Waals surface area contributed by atoms with Gasteiger partial charge in [-0.2, -0.15) is 0 Å². The lowest BCUT2D eigenvalue weighted by Crippen LogP contribution is -2.40. The van der Waals surface area contributed by atoms with Crippen molar-refractivity contribution in [1.29, 1.82) is 0 Å². The molecule has 9 heteroatoms. The lowest BCUT2D eigenvalue weighted by molar-refractivity contribution is -0.138. The number of hydrogen-bond acceptors (Lipinski definition) is 7. The van der Waals surface area contributed by atoms with E-state index >= 15 is 0 Å². The molecule has 0 spiro atoms. The summed E-state index contributed by atoms with van der Waals surface area (Å²) in [5, 5.41) is 0. The molecular formula is C30H25IN2O5S. The third kappa shape index (κ3) is 5.28. The standard InChI is InChI=1S/C30H25IN2O5S/c1-4-38-29(35)25-26(19-9-6-5-7-10-19)32-30-33(27(25)20-11-8-12-21(17-20)36-2)28(34)24(39-30)16-18-13-14-23(37-3)22(31)15-18/h5-17,27H,4H2,1-3H3/b24-16+. The summed E-state index contributed by atoms with van der Waals surface area (Å²) in [7, 11) is 3.21. The Morgan fingerprint density at radius 2 is 1.85 bits per heavy atom. The van der Waals surface area contributed by atoms with Gasteiger partial charge in [0.25, 0.3) is 5.56 Å². The van der Waals surface area contributed by atoms with Crippen molar-refractivity contribution in [2.24, 2.45) is 4.99 Å². The molecule has 0 bridgehead atoms. The number of thiazole rings is 1. The van der Waals surface area contributed by atoms with Crippen LogP contribution in [0.4, 0.5) is 0 Å². The zero-order valence-electron chi connectivity index (χ0n) is 21.5. The molecule has 0 aliphatic carbocycles. The first kappa shape index (κ1) is 26.9. The van der Waals surface area contributed by atoms with E-state index in [1.165, 1.54) is 11.3 Å². The molecule has 1 aliphatic heterocycles. The Morgan fingerprint density at radius 1 is 1.05 bits per heavy atom. The molecule has 5 rings (SSSR count). The third-order valence-electron chi connectivity index (χ3n) is 6.26. The molecule has 1 aromatic heterocycles. The lowest BCUT2D eigenvalue weighted by Gasteiger charge is -2.26. The van der Waals surface area contributed by atoms with E-state index in [0.29, 0.717) is 31.9 Å². The Morgan fingerprint density at radius 3 is 2.54 bits per heavy atom. The summed E-state index contributed by atoms with van der Waals surface area (Å²) in [6.45, 7) is 1.95. The van der Waals surface area contributed by atoms with Gasteiger partial charge >= 0.3 is 5.97 Å². The normalized spacial score (nSPS) is 15.0. The quantitative estimate of drug-likeness (QED) is 0.216. The summed E-state index contributed by atoms with van der Waals surface area (Å²) in [5.41, 5.74) is 2.87. The average molecular weight is 653 g/mol. The van der Waals surface area contributed by atoms with Crippen LogP contribution in [-0.2, 0) is 9.53 Å². The Kier molecular flexibility index (Phi) is 7.99. The molecule has 198 valence electrons. The van der Waals surface area contributed by atoms with Gasteiger partial charge in [-0.1, -0.05) is 59.9 Å². The molecule has 0 amide bonds. The fourth-order valence-electron chi connectivity index (χ4n) is 4.49. The highest BCUT2D eigenvalue weighted by Crippen LogP contribution is 2.36. The summed E-state index contributed by atoms with van der Waals surface area (Å²) in [4.78, 5) is 32.9. The number of halogens is 1. The number of carbonyl (C=O) groups is 1. The number of fused-ring (bicyclic) bond motifs is 1. The highest BCUT2D eigenvalue weighted by molar-refractivity contribution is 14.1. The van der Waals surface area contributed by atoms with E-state index in [0.717, 1.165) is 20.4 Å². The van der Waals surface area contributed by atoms with Gasteiger partial charge in [0.1, 0.15) is 11.5 Å². The second-order valence-electron chi connectivity index (χ2n) is 8.60. The van der Waals surface area contributed by atoms with Gasteiger partial charge in [-0.15, -0.1) is 0 Å². The molecule has 0 radical (unpaired) electrons. The molecular weight excluding hydrogens is 627 g/mol. The molecule has 2 heterocycles. The second-order valence-corrected chi connectivity index (χ2v) is 10.8. The summed E-state index contributed by atoms with van der Waals surface area (Å²) in [5.74, 6) is 0.856. The number of aromatic nitrogens is 1. The van der Waals surface area contributed by atoms with Gasteiger partial charge in [-0.3, -0.25) is 9.36 Å². The predicted octanol–water partition coefficient (Wildman–Crippen LogP) is 4.56. The molecule has 1 atom stereocenters. The zero-order chi connectivity index (χ0) is 27.5. The number of carbonyl (C=O) groups excluding carboxylic acids is 1. The van der Waals surface area contributed by atoms with Crippen molar-refractivity contribution in [2.45, 2.75) is 13.0 Å². The maximum atomic E-state index is 14.0. The minimum Gasteiger partial charge on any atom is -0.497 e. The van der Waals surface area contributed by atoms with Crippen molar-refractivity contribution in [3.05, 3.63) is 118 Å². The third-order valence-corrected chi connectivity index (χ3v) is 8.08. The number of esters is 1. The molecule has 0 fully saturated rings. The first-order chi connectivity index (χ1) is 18.9. The van der Waals surface area contributed by atoms with Gasteiger partial charge in [0, 0.05) is 5.56 Å². The van der Waals surface area contributed by atoms with Gasteiger partial charge in [0.2, 0.25) is 0 Å². The fraction of sp³-hybridized carbons (Fsp3) is 0.167. The maximum Gasteiger partial charge on any atom is 0.338 e. The monoisotopic (exact) mass is 652 g/mol.